The van der Waals surface area contributed by atoms with Crippen molar-refractivity contribution < 1.29 is 4.74 Å². The molecule has 1 aliphatic heterocycles. The lowest BCUT2D eigenvalue weighted by Crippen LogP contribution is -2.25. The first-order chi connectivity index (χ1) is 11.1. The van der Waals surface area contributed by atoms with Crippen LogP contribution in [0.4, 0.5) is 0 Å². The number of ether oxygens (including phenoxy) is 1. The lowest BCUT2D eigenvalue weighted by Gasteiger charge is -2.29. The maximum absolute atomic E-state index is 5.35. The van der Waals surface area contributed by atoms with Gasteiger partial charge in [-0.2, -0.15) is 0 Å². The van der Waals surface area contributed by atoms with E-state index in [2.05, 4.69) is 32.7 Å². The van der Waals surface area contributed by atoms with Gasteiger partial charge in [0.25, 0.3) is 0 Å². The summed E-state index contributed by atoms with van der Waals surface area (Å²) >= 11 is 0. The molecule has 0 radical (unpaired) electrons. The Kier molecular flexibility index (Phi) is 10.1. The predicted octanol–water partition coefficient (Wildman–Crippen LogP) is 7.04. The number of rotatable bonds is 14. The van der Waals surface area contributed by atoms with Gasteiger partial charge >= 0.3 is 0 Å². The van der Waals surface area contributed by atoms with Crippen molar-refractivity contribution in [3.8, 4) is 0 Å². The van der Waals surface area contributed by atoms with E-state index in [1.165, 1.54) is 82.7 Å². The molecular formula is C21H39NO. The fraction of sp³-hybridized carbons (Fsp3) is 0.810. The third-order valence-corrected chi connectivity index (χ3v) is 5.36. The molecule has 2 heteroatoms. The second-order valence-corrected chi connectivity index (χ2v) is 7.40. The summed E-state index contributed by atoms with van der Waals surface area (Å²) in [6.07, 6.45) is 19.7. The van der Waals surface area contributed by atoms with Gasteiger partial charge in [-0.05, 0) is 19.4 Å². The second-order valence-electron chi connectivity index (χ2n) is 7.40. The molecule has 2 nitrogen and oxygen atoms in total. The van der Waals surface area contributed by atoms with Crippen molar-refractivity contribution in [2.75, 3.05) is 0 Å². The highest BCUT2D eigenvalue weighted by Crippen LogP contribution is 2.37. The minimum absolute atomic E-state index is 0.207. The lowest BCUT2D eigenvalue weighted by molar-refractivity contribution is 0.322. The average Bonchev–Trinajstić information content (AvgIpc) is 2.99. The molecule has 0 saturated carbocycles. The molecule has 0 saturated heterocycles. The Bertz CT molecular complexity index is 361. The van der Waals surface area contributed by atoms with E-state index in [1.807, 2.05) is 6.26 Å². The van der Waals surface area contributed by atoms with E-state index < -0.39 is 0 Å². The number of hydrogen-bond donors (Lipinski definition) is 1. The summed E-state index contributed by atoms with van der Waals surface area (Å²) in [7, 11) is 0. The van der Waals surface area contributed by atoms with E-state index in [4.69, 9.17) is 4.74 Å². The topological polar surface area (TPSA) is 21.3 Å². The van der Waals surface area contributed by atoms with Gasteiger partial charge < -0.3 is 10.1 Å². The highest BCUT2D eigenvalue weighted by molar-refractivity contribution is 5.17. The number of hydrogen-bond acceptors (Lipinski definition) is 2. The molecule has 1 aliphatic rings. The van der Waals surface area contributed by atoms with Crippen LogP contribution >= 0.6 is 0 Å². The highest BCUT2D eigenvalue weighted by atomic mass is 16.5. The Labute approximate surface area is 144 Å². The Morgan fingerprint density at radius 3 is 1.87 bits per heavy atom. The minimum Gasteiger partial charge on any atom is -0.448 e. The first-order valence-corrected chi connectivity index (χ1v) is 9.95. The van der Waals surface area contributed by atoms with E-state index in [0.29, 0.717) is 5.88 Å². The van der Waals surface area contributed by atoms with E-state index in [-0.39, 0.29) is 5.41 Å². The first kappa shape index (κ1) is 20.1. The van der Waals surface area contributed by atoms with E-state index in [9.17, 15) is 0 Å². The number of allylic oxidation sites excluding steroid dienone is 1. The Hall–Kier alpha value is -0.920. The van der Waals surface area contributed by atoms with Crippen LogP contribution in [0.5, 0.6) is 0 Å². The molecule has 23 heavy (non-hydrogen) atoms. The van der Waals surface area contributed by atoms with E-state index >= 15 is 0 Å². The maximum atomic E-state index is 5.35. The van der Waals surface area contributed by atoms with Gasteiger partial charge in [0.15, 0.2) is 5.88 Å². The average molecular weight is 322 g/mol. The van der Waals surface area contributed by atoms with Crippen LogP contribution in [-0.2, 0) is 4.74 Å². The molecule has 0 bridgehead atoms. The summed E-state index contributed by atoms with van der Waals surface area (Å²) in [6.45, 7) is 10.7. The zero-order chi connectivity index (χ0) is 17.0. The van der Waals surface area contributed by atoms with E-state index in [1.54, 1.807) is 0 Å². The number of unbranched alkanes of at least 4 members (excludes halogenated alkanes) is 10. The van der Waals surface area contributed by atoms with Gasteiger partial charge in [0.1, 0.15) is 6.26 Å². The molecular weight excluding hydrogens is 282 g/mol. The Balaban J connectivity index is 2.02. The summed E-state index contributed by atoms with van der Waals surface area (Å²) in [4.78, 5) is 0. The molecule has 0 aliphatic carbocycles. The zero-order valence-corrected chi connectivity index (χ0v) is 15.9. The maximum Gasteiger partial charge on any atom is 0.189 e. The van der Waals surface area contributed by atoms with Gasteiger partial charge in [-0.15, -0.1) is 0 Å². The molecule has 1 atom stereocenters. The van der Waals surface area contributed by atoms with Crippen molar-refractivity contribution in [1.82, 2.24) is 5.32 Å². The molecule has 1 rings (SSSR count). The zero-order valence-electron chi connectivity index (χ0n) is 15.9. The van der Waals surface area contributed by atoms with Crippen LogP contribution in [0.15, 0.2) is 24.4 Å². The Morgan fingerprint density at radius 1 is 0.913 bits per heavy atom. The summed E-state index contributed by atoms with van der Waals surface area (Å²) in [5, 5.41) is 3.28. The van der Waals surface area contributed by atoms with Crippen LogP contribution < -0.4 is 5.32 Å². The van der Waals surface area contributed by atoms with E-state index in [0.717, 1.165) is 6.42 Å². The molecule has 0 fully saturated rings. The summed E-state index contributed by atoms with van der Waals surface area (Å²) in [6, 6.07) is 0. The monoisotopic (exact) mass is 321 g/mol. The van der Waals surface area contributed by atoms with Crippen molar-refractivity contribution in [2.45, 2.75) is 104 Å². The standard InChI is InChI=1S/C21H39NO/c1-5-7-8-9-10-11-12-13-14-15-16-17-21(4,6-2)20-18-23-19(3)22-20/h18,22H,3,5-17H2,1-2,4H3. The van der Waals surface area contributed by atoms with Crippen LogP contribution in [0.3, 0.4) is 0 Å². The third-order valence-electron chi connectivity index (χ3n) is 5.36. The van der Waals surface area contributed by atoms with Crippen LogP contribution in [0.25, 0.3) is 0 Å². The Morgan fingerprint density at radius 2 is 1.43 bits per heavy atom. The van der Waals surface area contributed by atoms with Crippen molar-refractivity contribution in [1.29, 1.82) is 0 Å². The van der Waals surface area contributed by atoms with Crippen LogP contribution in [0, 0.1) is 5.41 Å². The molecule has 134 valence electrons. The minimum atomic E-state index is 0.207. The van der Waals surface area contributed by atoms with Crippen molar-refractivity contribution in [3.05, 3.63) is 24.4 Å². The van der Waals surface area contributed by atoms with Gasteiger partial charge in [-0.25, -0.2) is 0 Å². The molecule has 0 aromatic rings. The predicted molar refractivity (Wildman–Crippen MR) is 101 cm³/mol. The quantitative estimate of drug-likeness (QED) is 0.346. The largest absolute Gasteiger partial charge is 0.448 e. The normalized spacial score (nSPS) is 16.7. The van der Waals surface area contributed by atoms with Crippen LogP contribution in [0.2, 0.25) is 0 Å². The summed E-state index contributed by atoms with van der Waals surface area (Å²) in [5.74, 6) is 0.665. The smallest absolute Gasteiger partial charge is 0.189 e. The van der Waals surface area contributed by atoms with Gasteiger partial charge in [-0.1, -0.05) is 91.4 Å². The van der Waals surface area contributed by atoms with Gasteiger partial charge in [0, 0.05) is 5.41 Å². The molecule has 0 amide bonds. The van der Waals surface area contributed by atoms with Gasteiger partial charge in [0.05, 0.1) is 5.70 Å². The fourth-order valence-electron chi connectivity index (χ4n) is 3.31. The van der Waals surface area contributed by atoms with Crippen LogP contribution in [0.1, 0.15) is 104 Å². The van der Waals surface area contributed by atoms with Gasteiger partial charge in [-0.3, -0.25) is 0 Å². The molecule has 0 aromatic carbocycles. The number of nitrogens with one attached hydrogen (secondary N) is 1. The molecule has 1 N–H and O–H groups in total. The van der Waals surface area contributed by atoms with Gasteiger partial charge in [0.2, 0.25) is 0 Å². The van der Waals surface area contributed by atoms with Crippen molar-refractivity contribution in [2.24, 2.45) is 5.41 Å². The fourth-order valence-corrected chi connectivity index (χ4v) is 3.31. The molecule has 0 aromatic heterocycles. The molecule has 1 heterocycles. The SMILES string of the molecule is C=C1NC(C(C)(CC)CCCCCCCCCCCCC)=CO1. The van der Waals surface area contributed by atoms with Crippen molar-refractivity contribution in [3.63, 3.8) is 0 Å². The molecule has 0 spiro atoms. The summed E-state index contributed by atoms with van der Waals surface area (Å²) < 4.78 is 5.35. The van der Waals surface area contributed by atoms with Crippen molar-refractivity contribution >= 4 is 0 Å². The highest BCUT2D eigenvalue weighted by Gasteiger charge is 2.30. The summed E-state index contributed by atoms with van der Waals surface area (Å²) in [5.41, 5.74) is 1.41. The first-order valence-electron chi connectivity index (χ1n) is 9.95. The second kappa shape index (κ2) is 11.6. The van der Waals surface area contributed by atoms with Crippen LogP contribution in [-0.4, -0.2) is 0 Å². The third kappa shape index (κ3) is 7.94. The molecule has 1 unspecified atom stereocenters. The lowest BCUT2D eigenvalue weighted by atomic mass is 9.79.